The summed E-state index contributed by atoms with van der Waals surface area (Å²) >= 11 is 0. The van der Waals surface area contributed by atoms with Gasteiger partial charge in [-0.25, -0.2) is 8.42 Å². The highest BCUT2D eigenvalue weighted by Gasteiger charge is 2.15. The van der Waals surface area contributed by atoms with E-state index in [4.69, 9.17) is 0 Å². The maximum absolute atomic E-state index is 12.2. The molecule has 2 N–H and O–H groups in total. The van der Waals surface area contributed by atoms with Crippen LogP contribution in [0.15, 0.2) is 47.6 Å². The fraction of sp³-hybridized carbons (Fsp3) is 0.154. The lowest BCUT2D eigenvalue weighted by Crippen LogP contribution is -2.13. The number of hydrogen-bond acceptors (Lipinski definition) is 4. The van der Waals surface area contributed by atoms with Crippen LogP contribution in [0.4, 0.5) is 5.69 Å². The Labute approximate surface area is 112 Å². The van der Waals surface area contributed by atoms with Gasteiger partial charge in [-0.15, -0.1) is 0 Å². The summed E-state index contributed by atoms with van der Waals surface area (Å²) in [7, 11) is -3.66. The normalized spacial score (nSPS) is 11.3. The van der Waals surface area contributed by atoms with Crippen LogP contribution in [0.3, 0.4) is 0 Å². The van der Waals surface area contributed by atoms with Crippen molar-refractivity contribution in [3.63, 3.8) is 0 Å². The molecule has 0 bridgehead atoms. The number of benzene rings is 1. The molecule has 0 aliphatic rings. The van der Waals surface area contributed by atoms with Gasteiger partial charge in [0.05, 0.1) is 23.4 Å². The Morgan fingerprint density at radius 1 is 1.32 bits per heavy atom. The van der Waals surface area contributed by atoms with E-state index >= 15 is 0 Å². The Kier molecular flexibility index (Phi) is 3.82. The maximum Gasteiger partial charge on any atom is 0.261 e. The molecular formula is C13H14N2O3S. The molecule has 0 fully saturated rings. The van der Waals surface area contributed by atoms with E-state index in [0.717, 1.165) is 5.56 Å². The Morgan fingerprint density at radius 2 is 2.11 bits per heavy atom. The van der Waals surface area contributed by atoms with Crippen LogP contribution in [-0.2, 0) is 16.6 Å². The van der Waals surface area contributed by atoms with Crippen LogP contribution < -0.4 is 4.72 Å². The first-order chi connectivity index (χ1) is 9.03. The van der Waals surface area contributed by atoms with E-state index in [0.29, 0.717) is 11.3 Å². The zero-order chi connectivity index (χ0) is 13.9. The average molecular weight is 278 g/mol. The van der Waals surface area contributed by atoms with Crippen molar-refractivity contribution in [3.8, 4) is 0 Å². The minimum absolute atomic E-state index is 0.117. The fourth-order valence-electron chi connectivity index (χ4n) is 1.62. The number of aliphatic hydroxyl groups is 1. The van der Waals surface area contributed by atoms with Crippen molar-refractivity contribution < 1.29 is 13.5 Å². The summed E-state index contributed by atoms with van der Waals surface area (Å²) in [4.78, 5) is 3.96. The van der Waals surface area contributed by atoms with Gasteiger partial charge >= 0.3 is 0 Å². The number of sulfonamides is 1. The lowest BCUT2D eigenvalue weighted by molar-refractivity contribution is 0.281. The first kappa shape index (κ1) is 13.5. The monoisotopic (exact) mass is 278 g/mol. The van der Waals surface area contributed by atoms with Gasteiger partial charge in [-0.3, -0.25) is 9.71 Å². The summed E-state index contributed by atoms with van der Waals surface area (Å²) in [5.74, 6) is 0. The molecule has 6 heteroatoms. The zero-order valence-electron chi connectivity index (χ0n) is 10.4. The first-order valence-corrected chi connectivity index (χ1v) is 7.14. The third kappa shape index (κ3) is 3.10. The maximum atomic E-state index is 12.2. The number of hydrogen-bond donors (Lipinski definition) is 2. The van der Waals surface area contributed by atoms with Gasteiger partial charge in [-0.2, -0.15) is 0 Å². The SMILES string of the molecule is Cc1ccc(S(=O)(=O)Nc2cccnc2)cc1CO. The Bertz CT molecular complexity index is 670. The molecule has 0 atom stereocenters. The quantitative estimate of drug-likeness (QED) is 0.892. The lowest BCUT2D eigenvalue weighted by atomic mass is 10.1. The molecule has 1 heterocycles. The molecule has 0 saturated heterocycles. The van der Waals surface area contributed by atoms with E-state index in [1.807, 2.05) is 6.92 Å². The molecule has 5 nitrogen and oxygen atoms in total. The second kappa shape index (κ2) is 5.38. The predicted octanol–water partition coefficient (Wildman–Crippen LogP) is 1.68. The van der Waals surface area contributed by atoms with Gasteiger partial charge < -0.3 is 5.11 Å². The summed E-state index contributed by atoms with van der Waals surface area (Å²) in [5.41, 5.74) is 1.84. The van der Waals surface area contributed by atoms with Gasteiger partial charge in [-0.05, 0) is 42.3 Å². The van der Waals surface area contributed by atoms with Crippen molar-refractivity contribution >= 4 is 15.7 Å². The minimum atomic E-state index is -3.66. The van der Waals surface area contributed by atoms with Crippen LogP contribution in [-0.4, -0.2) is 18.5 Å². The average Bonchev–Trinajstić information content (AvgIpc) is 2.39. The van der Waals surface area contributed by atoms with E-state index < -0.39 is 10.0 Å². The number of rotatable bonds is 4. The third-order valence-electron chi connectivity index (χ3n) is 2.71. The van der Waals surface area contributed by atoms with Crippen LogP contribution in [0, 0.1) is 6.92 Å². The Hall–Kier alpha value is -1.92. The van der Waals surface area contributed by atoms with Crippen LogP contribution in [0.2, 0.25) is 0 Å². The first-order valence-electron chi connectivity index (χ1n) is 5.66. The number of aryl methyl sites for hydroxylation is 1. The summed E-state index contributed by atoms with van der Waals surface area (Å²) < 4.78 is 26.8. The number of aliphatic hydroxyl groups excluding tert-OH is 1. The standard InChI is InChI=1S/C13H14N2O3S/c1-10-4-5-13(7-11(10)9-16)19(17,18)15-12-3-2-6-14-8-12/h2-8,15-16H,9H2,1H3. The van der Waals surface area contributed by atoms with Gasteiger partial charge in [0.2, 0.25) is 0 Å². The molecule has 0 unspecified atom stereocenters. The van der Waals surface area contributed by atoms with Gasteiger partial charge in [0.15, 0.2) is 0 Å². The molecular weight excluding hydrogens is 264 g/mol. The second-order valence-electron chi connectivity index (χ2n) is 4.09. The highest BCUT2D eigenvalue weighted by molar-refractivity contribution is 7.92. The number of nitrogens with one attached hydrogen (secondary N) is 1. The van der Waals surface area contributed by atoms with Gasteiger partial charge in [0, 0.05) is 6.20 Å². The molecule has 0 saturated carbocycles. The number of anilines is 1. The summed E-state index contributed by atoms with van der Waals surface area (Å²) in [6.45, 7) is 1.62. The van der Waals surface area contributed by atoms with Crippen molar-refractivity contribution in [2.24, 2.45) is 0 Å². The smallest absolute Gasteiger partial charge is 0.261 e. The molecule has 0 aliphatic carbocycles. The van der Waals surface area contributed by atoms with Crippen LogP contribution >= 0.6 is 0 Å². The molecule has 2 rings (SSSR count). The molecule has 2 aromatic rings. The molecule has 1 aromatic carbocycles. The predicted molar refractivity (Wildman–Crippen MR) is 72.1 cm³/mol. The van der Waals surface area contributed by atoms with Crippen molar-refractivity contribution in [1.29, 1.82) is 0 Å². The van der Waals surface area contributed by atoms with E-state index in [-0.39, 0.29) is 11.5 Å². The van der Waals surface area contributed by atoms with Gasteiger partial charge in [-0.1, -0.05) is 6.07 Å². The van der Waals surface area contributed by atoms with E-state index in [1.165, 1.54) is 18.3 Å². The van der Waals surface area contributed by atoms with E-state index in [2.05, 4.69) is 9.71 Å². The van der Waals surface area contributed by atoms with Crippen LogP contribution in [0.25, 0.3) is 0 Å². The molecule has 1 aromatic heterocycles. The third-order valence-corrected chi connectivity index (χ3v) is 4.09. The topological polar surface area (TPSA) is 79.3 Å². The van der Waals surface area contributed by atoms with Crippen LogP contribution in [0.1, 0.15) is 11.1 Å². The molecule has 0 spiro atoms. The van der Waals surface area contributed by atoms with Gasteiger partial charge in [0.1, 0.15) is 0 Å². The highest BCUT2D eigenvalue weighted by Crippen LogP contribution is 2.18. The Balaban J connectivity index is 2.35. The largest absolute Gasteiger partial charge is 0.392 e. The molecule has 100 valence electrons. The number of nitrogens with zero attached hydrogens (tertiary/aromatic N) is 1. The van der Waals surface area contributed by atoms with E-state index in [9.17, 15) is 13.5 Å². The van der Waals surface area contributed by atoms with Crippen molar-refractivity contribution in [3.05, 3.63) is 53.9 Å². The molecule has 0 radical (unpaired) electrons. The molecule has 19 heavy (non-hydrogen) atoms. The summed E-state index contributed by atoms with van der Waals surface area (Å²) in [6, 6.07) is 7.91. The Morgan fingerprint density at radius 3 is 2.74 bits per heavy atom. The van der Waals surface area contributed by atoms with Crippen molar-refractivity contribution in [1.82, 2.24) is 4.98 Å². The number of pyridine rings is 1. The summed E-state index contributed by atoms with van der Waals surface area (Å²) in [6.07, 6.45) is 2.99. The summed E-state index contributed by atoms with van der Waals surface area (Å²) in [5, 5.41) is 9.17. The highest BCUT2D eigenvalue weighted by atomic mass is 32.2. The molecule has 0 aliphatic heterocycles. The van der Waals surface area contributed by atoms with Crippen molar-refractivity contribution in [2.45, 2.75) is 18.4 Å². The zero-order valence-corrected chi connectivity index (χ0v) is 11.2. The van der Waals surface area contributed by atoms with Crippen LogP contribution in [0.5, 0.6) is 0 Å². The second-order valence-corrected chi connectivity index (χ2v) is 5.78. The lowest BCUT2D eigenvalue weighted by Gasteiger charge is -2.10. The molecule has 0 amide bonds. The minimum Gasteiger partial charge on any atom is -0.392 e. The van der Waals surface area contributed by atoms with Gasteiger partial charge in [0.25, 0.3) is 10.0 Å². The number of aromatic nitrogens is 1. The van der Waals surface area contributed by atoms with E-state index in [1.54, 1.807) is 24.4 Å². The van der Waals surface area contributed by atoms with Crippen molar-refractivity contribution in [2.75, 3.05) is 4.72 Å². The fourth-order valence-corrected chi connectivity index (χ4v) is 2.72.